The molecule has 29 heavy (non-hydrogen) atoms. The maximum absolute atomic E-state index is 12.4. The third-order valence-electron chi connectivity index (χ3n) is 5.71. The first-order chi connectivity index (χ1) is 13.9. The number of benzene rings is 1. The highest BCUT2D eigenvalue weighted by Crippen LogP contribution is 2.21. The Hall–Kier alpha value is -2.47. The van der Waals surface area contributed by atoms with E-state index in [2.05, 4.69) is 37.3 Å². The molecule has 6 nitrogen and oxygen atoms in total. The molecule has 3 rings (SSSR count). The molecule has 1 aromatic carbocycles. The van der Waals surface area contributed by atoms with E-state index in [1.165, 1.54) is 49.8 Å². The normalized spacial score (nSPS) is 21.3. The predicted octanol–water partition coefficient (Wildman–Crippen LogP) is 1.39. The van der Waals surface area contributed by atoms with Crippen LogP contribution in [0, 0.1) is 6.92 Å². The van der Waals surface area contributed by atoms with E-state index in [9.17, 15) is 4.79 Å². The summed E-state index contributed by atoms with van der Waals surface area (Å²) in [6.45, 7) is 4.35. The first kappa shape index (κ1) is 22.8. The Morgan fingerprint density at radius 2 is 1.79 bits per heavy atom. The van der Waals surface area contributed by atoms with Crippen LogP contribution in [0.4, 0.5) is 0 Å². The fraction of sp³-hybridized carbons (Fsp3) is 0.522. The van der Waals surface area contributed by atoms with Gasteiger partial charge in [0.05, 0.1) is 19.5 Å². The second kappa shape index (κ2) is 11.5. The molecule has 2 unspecified atom stereocenters. The molecule has 0 saturated carbocycles. The minimum atomic E-state index is -2.07. The smallest absolute Gasteiger partial charge is 0.351 e. The number of aryl methyl sites for hydroxylation is 1. The molecule has 2 aliphatic rings. The number of rotatable bonds is 5. The summed E-state index contributed by atoms with van der Waals surface area (Å²) in [7, 11) is 0. The molecule has 1 aliphatic carbocycles. The largest absolute Gasteiger partial charge is 0.539 e. The van der Waals surface area contributed by atoms with Gasteiger partial charge in [0.25, 0.3) is 0 Å². The van der Waals surface area contributed by atoms with Crippen LogP contribution in [0.5, 0.6) is 0 Å². The molecule has 0 amide bonds. The van der Waals surface area contributed by atoms with Gasteiger partial charge in [0, 0.05) is 12.0 Å². The third-order valence-corrected chi connectivity index (χ3v) is 5.71. The lowest BCUT2D eigenvalue weighted by Gasteiger charge is -2.33. The van der Waals surface area contributed by atoms with Crippen molar-refractivity contribution in [2.75, 3.05) is 13.1 Å². The van der Waals surface area contributed by atoms with E-state index in [1.54, 1.807) is 4.90 Å². The number of carboxylic acid groups (broad SMARTS) is 2. The van der Waals surface area contributed by atoms with Gasteiger partial charge in [-0.1, -0.05) is 35.9 Å². The monoisotopic (exact) mass is 401 g/mol. The maximum Gasteiger partial charge on any atom is 0.351 e. The summed E-state index contributed by atoms with van der Waals surface area (Å²) in [5, 5.41) is 16.3. The Kier molecular flexibility index (Phi) is 9.06. The van der Waals surface area contributed by atoms with Crippen molar-refractivity contribution in [3.8, 4) is 0 Å². The van der Waals surface area contributed by atoms with E-state index in [4.69, 9.17) is 19.8 Å². The quantitative estimate of drug-likeness (QED) is 0.727. The summed E-state index contributed by atoms with van der Waals surface area (Å²) in [6.07, 6.45) is 11.4. The Balaban J connectivity index is 0.000000438. The molecule has 0 aromatic heterocycles. The molecule has 0 radical (unpaired) electrons. The number of hydrogen-bond donors (Lipinski definition) is 2. The van der Waals surface area contributed by atoms with Gasteiger partial charge in [-0.15, -0.1) is 0 Å². The summed E-state index contributed by atoms with van der Waals surface area (Å²) in [5.74, 6) is -3.60. The zero-order chi connectivity index (χ0) is 21.2. The standard InChI is InChI=1S/C21H29NO.C2H2O4/c1-17-10-12-18(13-11-17)20-9-5-6-15-22(20)16-14-21(23)19-7-3-2-4-8-19;3-1(4)2(5)6/h7,10-13,20H,2-6,8-9,14-16H2,1H3;(H,3,4)(H,5,6). The van der Waals surface area contributed by atoms with Crippen LogP contribution in [0.2, 0.25) is 0 Å². The molecule has 1 aromatic rings. The second-order valence-corrected chi connectivity index (χ2v) is 7.86. The van der Waals surface area contributed by atoms with Crippen LogP contribution in [0.3, 0.4) is 0 Å². The maximum atomic E-state index is 12.4. The van der Waals surface area contributed by atoms with E-state index in [0.29, 0.717) is 11.8 Å². The zero-order valence-electron chi connectivity index (χ0n) is 17.1. The first-order valence-corrected chi connectivity index (χ1v) is 10.5. The summed E-state index contributed by atoms with van der Waals surface area (Å²) >= 11 is 0. The highest BCUT2D eigenvalue weighted by atomic mass is 16.4. The Morgan fingerprint density at radius 3 is 2.38 bits per heavy atom. The van der Waals surface area contributed by atoms with E-state index >= 15 is 0 Å². The van der Waals surface area contributed by atoms with Crippen molar-refractivity contribution in [3.05, 3.63) is 47.0 Å². The number of hydrogen-bond acceptors (Lipinski definition) is 4. The minimum absolute atomic E-state index is 0.408. The molecule has 0 bridgehead atoms. The lowest BCUT2D eigenvalue weighted by Crippen LogP contribution is -3.13. The number of nitrogens with one attached hydrogen (secondary N) is 1. The van der Waals surface area contributed by atoms with E-state index in [1.807, 2.05) is 0 Å². The highest BCUT2D eigenvalue weighted by Gasteiger charge is 2.28. The van der Waals surface area contributed by atoms with Gasteiger partial charge in [0.1, 0.15) is 6.04 Å². The van der Waals surface area contributed by atoms with E-state index < -0.39 is 11.9 Å². The number of likely N-dealkylation sites (tertiary alicyclic amines) is 1. The Bertz CT molecular complexity index is 726. The number of Topliss-reactive ketones (excluding diaryl/α,β-unsaturated/α-hetero) is 1. The SMILES string of the molecule is Cc1ccc(C2CCCC[NH+]2CCC(=O)C2=CCCCC2)cc1.O=C([O-])C(=O)O. The highest BCUT2D eigenvalue weighted by molar-refractivity contribution is 6.26. The summed E-state index contributed by atoms with van der Waals surface area (Å²) in [4.78, 5) is 32.1. The van der Waals surface area contributed by atoms with Crippen molar-refractivity contribution in [1.29, 1.82) is 0 Å². The zero-order valence-corrected chi connectivity index (χ0v) is 17.1. The van der Waals surface area contributed by atoms with Gasteiger partial charge in [-0.05, 0) is 51.0 Å². The molecule has 2 N–H and O–H groups in total. The average Bonchev–Trinajstić information content (AvgIpc) is 2.74. The summed E-state index contributed by atoms with van der Waals surface area (Å²) < 4.78 is 0. The van der Waals surface area contributed by atoms with Crippen LogP contribution < -0.4 is 10.0 Å². The van der Waals surface area contributed by atoms with Gasteiger partial charge < -0.3 is 19.9 Å². The number of carbonyl (C=O) groups is 3. The fourth-order valence-electron chi connectivity index (χ4n) is 4.11. The van der Waals surface area contributed by atoms with Crippen LogP contribution in [-0.4, -0.2) is 35.9 Å². The summed E-state index contributed by atoms with van der Waals surface area (Å²) in [6, 6.07) is 9.60. The van der Waals surface area contributed by atoms with Crippen molar-refractivity contribution in [2.45, 2.75) is 64.3 Å². The van der Waals surface area contributed by atoms with Crippen LogP contribution >= 0.6 is 0 Å². The topological polar surface area (TPSA) is 98.9 Å². The molecule has 1 aliphatic heterocycles. The number of quaternary nitrogens is 1. The molecule has 1 saturated heterocycles. The lowest BCUT2D eigenvalue weighted by molar-refractivity contribution is -0.936. The number of aliphatic carboxylic acids is 2. The van der Waals surface area contributed by atoms with Gasteiger partial charge in [-0.25, -0.2) is 4.79 Å². The van der Waals surface area contributed by atoms with Crippen LogP contribution in [0.1, 0.15) is 68.5 Å². The number of allylic oxidation sites excluding steroid dienone is 2. The fourth-order valence-corrected chi connectivity index (χ4v) is 4.11. The summed E-state index contributed by atoms with van der Waals surface area (Å²) in [5.41, 5.74) is 3.89. The van der Waals surface area contributed by atoms with Crippen LogP contribution in [0.15, 0.2) is 35.9 Å². The van der Waals surface area contributed by atoms with Crippen molar-refractivity contribution in [3.63, 3.8) is 0 Å². The minimum Gasteiger partial charge on any atom is -0.539 e. The number of piperidine rings is 1. The number of carbonyl (C=O) groups excluding carboxylic acids is 2. The van der Waals surface area contributed by atoms with E-state index in [0.717, 1.165) is 31.4 Å². The Morgan fingerprint density at radius 1 is 1.10 bits per heavy atom. The van der Waals surface area contributed by atoms with Crippen LogP contribution in [-0.2, 0) is 14.4 Å². The van der Waals surface area contributed by atoms with Gasteiger partial charge in [-0.2, -0.15) is 0 Å². The molecule has 1 fully saturated rings. The van der Waals surface area contributed by atoms with Gasteiger partial charge in [0.2, 0.25) is 0 Å². The van der Waals surface area contributed by atoms with Crippen molar-refractivity contribution < 1.29 is 29.5 Å². The second-order valence-electron chi connectivity index (χ2n) is 7.86. The van der Waals surface area contributed by atoms with Crippen molar-refractivity contribution in [1.82, 2.24) is 0 Å². The first-order valence-electron chi connectivity index (χ1n) is 10.5. The molecule has 0 spiro atoms. The average molecular weight is 402 g/mol. The third kappa shape index (κ3) is 7.46. The van der Waals surface area contributed by atoms with Gasteiger partial charge >= 0.3 is 5.97 Å². The van der Waals surface area contributed by atoms with E-state index in [-0.39, 0.29) is 0 Å². The molecule has 158 valence electrons. The molecule has 6 heteroatoms. The molecular formula is C23H31NO5. The van der Waals surface area contributed by atoms with Crippen LogP contribution in [0.25, 0.3) is 0 Å². The van der Waals surface area contributed by atoms with Gasteiger partial charge in [-0.3, -0.25) is 4.79 Å². The molecule has 2 atom stereocenters. The van der Waals surface area contributed by atoms with Crippen molar-refractivity contribution in [2.24, 2.45) is 0 Å². The molecule has 1 heterocycles. The lowest BCUT2D eigenvalue weighted by atomic mass is 9.92. The number of carboxylic acids is 2. The molecular weight excluding hydrogens is 370 g/mol. The number of ketones is 1. The van der Waals surface area contributed by atoms with Gasteiger partial charge in [0.15, 0.2) is 11.8 Å². The predicted molar refractivity (Wildman–Crippen MR) is 107 cm³/mol. The van der Waals surface area contributed by atoms with Crippen molar-refractivity contribution >= 4 is 17.7 Å². The Labute approximate surface area is 172 Å².